The van der Waals surface area contributed by atoms with Gasteiger partial charge in [0, 0.05) is 6.42 Å². The van der Waals surface area contributed by atoms with E-state index in [-0.39, 0.29) is 0 Å². The van der Waals surface area contributed by atoms with Gasteiger partial charge in [0.25, 0.3) is 5.92 Å². The summed E-state index contributed by atoms with van der Waals surface area (Å²) in [5, 5.41) is 8.01. The minimum absolute atomic E-state index is 0.568. The highest BCUT2D eigenvalue weighted by molar-refractivity contribution is 4.62. The second-order valence-electron chi connectivity index (χ2n) is 2.21. The Morgan fingerprint density at radius 3 is 2.42 bits per heavy atom. The Kier molecular flexibility index (Phi) is 5.16. The summed E-state index contributed by atoms with van der Waals surface area (Å²) < 4.78 is 51.7. The molecule has 1 N–H and O–H groups in total. The van der Waals surface area contributed by atoms with Gasteiger partial charge in [-0.3, -0.25) is 4.39 Å². The Bertz CT molecular complexity index is 120. The lowest BCUT2D eigenvalue weighted by atomic mass is 10.4. The first-order valence-electron chi connectivity index (χ1n) is 3.32. The molecule has 12 heavy (non-hydrogen) atoms. The highest BCUT2D eigenvalue weighted by Crippen LogP contribution is 2.14. The molecule has 6 heteroatoms. The molecule has 0 aromatic rings. The maximum Gasteiger partial charge on any atom is 0.293 e. The molecule has 0 radical (unpaired) electrons. The van der Waals surface area contributed by atoms with Crippen molar-refractivity contribution in [3.05, 3.63) is 0 Å². The molecular formula is C6H10F4O2. The summed E-state index contributed by atoms with van der Waals surface area (Å²) >= 11 is 0. The van der Waals surface area contributed by atoms with E-state index in [2.05, 4.69) is 4.74 Å². The standard InChI is InChI=1S/C6H10F4O2/c7-2-1-5(8)12-4-6(9,10)3-11/h5,11H,1-4H2. The zero-order valence-electron chi connectivity index (χ0n) is 6.27. The molecule has 0 fully saturated rings. The van der Waals surface area contributed by atoms with Crippen molar-refractivity contribution >= 4 is 0 Å². The number of hydrogen-bond acceptors (Lipinski definition) is 2. The number of aliphatic hydroxyl groups excluding tert-OH is 1. The van der Waals surface area contributed by atoms with E-state index in [1.165, 1.54) is 0 Å². The summed E-state index contributed by atoms with van der Waals surface area (Å²) in [5.74, 6) is -3.46. The normalized spacial score (nSPS) is 14.8. The molecule has 0 rings (SSSR count). The van der Waals surface area contributed by atoms with Gasteiger partial charge in [0.2, 0.25) is 6.36 Å². The Morgan fingerprint density at radius 1 is 1.42 bits per heavy atom. The molecule has 0 aliphatic rings. The second-order valence-corrected chi connectivity index (χ2v) is 2.21. The molecule has 0 aliphatic carbocycles. The van der Waals surface area contributed by atoms with Gasteiger partial charge in [-0.15, -0.1) is 0 Å². The molecule has 2 nitrogen and oxygen atoms in total. The summed E-state index contributed by atoms with van der Waals surface area (Å²) in [6, 6.07) is 0. The first-order chi connectivity index (χ1) is 5.52. The summed E-state index contributed by atoms with van der Waals surface area (Å²) in [6.45, 7) is -3.61. The fourth-order valence-corrected chi connectivity index (χ4v) is 0.427. The second kappa shape index (κ2) is 5.31. The number of rotatable bonds is 6. The topological polar surface area (TPSA) is 29.5 Å². The fourth-order valence-electron chi connectivity index (χ4n) is 0.427. The number of halogens is 4. The van der Waals surface area contributed by atoms with Crippen molar-refractivity contribution in [3.63, 3.8) is 0 Å². The Morgan fingerprint density at radius 2 is 2.00 bits per heavy atom. The average Bonchev–Trinajstić information content (AvgIpc) is 2.02. The molecule has 74 valence electrons. The van der Waals surface area contributed by atoms with Gasteiger partial charge in [-0.25, -0.2) is 13.2 Å². The summed E-state index contributed by atoms with van der Waals surface area (Å²) in [5.41, 5.74) is 0. The van der Waals surface area contributed by atoms with Gasteiger partial charge in [-0.2, -0.15) is 0 Å². The Balaban J connectivity index is 3.52. The SMILES string of the molecule is OCC(F)(F)COC(F)CCF. The zero-order valence-corrected chi connectivity index (χ0v) is 6.27. The van der Waals surface area contributed by atoms with Crippen molar-refractivity contribution in [1.82, 2.24) is 0 Å². The molecular weight excluding hydrogens is 180 g/mol. The van der Waals surface area contributed by atoms with Crippen molar-refractivity contribution in [2.45, 2.75) is 18.7 Å². The minimum Gasteiger partial charge on any atom is -0.390 e. The monoisotopic (exact) mass is 190 g/mol. The van der Waals surface area contributed by atoms with Crippen molar-refractivity contribution in [2.75, 3.05) is 19.9 Å². The summed E-state index contributed by atoms with van der Waals surface area (Å²) in [4.78, 5) is 0. The number of alkyl halides is 4. The zero-order chi connectivity index (χ0) is 9.61. The molecule has 0 aromatic heterocycles. The van der Waals surface area contributed by atoms with E-state index in [0.29, 0.717) is 0 Å². The molecule has 0 spiro atoms. The molecule has 0 amide bonds. The van der Waals surface area contributed by atoms with Gasteiger partial charge in [-0.1, -0.05) is 0 Å². The van der Waals surface area contributed by atoms with E-state index in [0.717, 1.165) is 0 Å². The summed E-state index contributed by atoms with van der Waals surface area (Å²) in [6.07, 6.45) is -2.60. The minimum atomic E-state index is -3.46. The van der Waals surface area contributed by atoms with Gasteiger partial charge in [0.1, 0.15) is 13.2 Å². The largest absolute Gasteiger partial charge is 0.390 e. The molecule has 0 aliphatic heterocycles. The maximum atomic E-state index is 12.2. The van der Waals surface area contributed by atoms with Gasteiger partial charge in [0.05, 0.1) is 6.67 Å². The lowest BCUT2D eigenvalue weighted by Gasteiger charge is -2.14. The van der Waals surface area contributed by atoms with Crippen LogP contribution in [0.25, 0.3) is 0 Å². The van der Waals surface area contributed by atoms with Crippen LogP contribution in [0, 0.1) is 0 Å². The van der Waals surface area contributed by atoms with Crippen LogP contribution in [-0.2, 0) is 4.74 Å². The van der Waals surface area contributed by atoms with Crippen LogP contribution in [0.3, 0.4) is 0 Å². The smallest absolute Gasteiger partial charge is 0.293 e. The first-order valence-corrected chi connectivity index (χ1v) is 3.32. The lowest BCUT2D eigenvalue weighted by molar-refractivity contribution is -0.152. The first kappa shape index (κ1) is 11.6. The number of ether oxygens (including phenoxy) is 1. The third-order valence-electron chi connectivity index (χ3n) is 1.04. The summed E-state index contributed by atoms with van der Waals surface area (Å²) in [7, 11) is 0. The van der Waals surface area contributed by atoms with E-state index >= 15 is 0 Å². The van der Waals surface area contributed by atoms with E-state index in [4.69, 9.17) is 5.11 Å². The molecule has 0 bridgehead atoms. The highest BCUT2D eigenvalue weighted by Gasteiger charge is 2.29. The van der Waals surface area contributed by atoms with E-state index in [1.807, 2.05) is 0 Å². The van der Waals surface area contributed by atoms with Crippen molar-refractivity contribution in [2.24, 2.45) is 0 Å². The Labute approximate surface area is 67.1 Å². The van der Waals surface area contributed by atoms with Crippen LogP contribution in [0.4, 0.5) is 17.6 Å². The van der Waals surface area contributed by atoms with Crippen LogP contribution in [0.1, 0.15) is 6.42 Å². The molecule has 1 atom stereocenters. The quantitative estimate of drug-likeness (QED) is 0.639. The van der Waals surface area contributed by atoms with E-state index in [1.54, 1.807) is 0 Å². The number of hydrogen-bond donors (Lipinski definition) is 1. The van der Waals surface area contributed by atoms with Crippen molar-refractivity contribution in [3.8, 4) is 0 Å². The van der Waals surface area contributed by atoms with Crippen LogP contribution < -0.4 is 0 Å². The maximum absolute atomic E-state index is 12.2. The Hall–Kier alpha value is -0.360. The molecule has 0 heterocycles. The van der Waals surface area contributed by atoms with Gasteiger partial charge < -0.3 is 9.84 Å². The lowest BCUT2D eigenvalue weighted by Crippen LogP contribution is -2.30. The van der Waals surface area contributed by atoms with Gasteiger partial charge >= 0.3 is 0 Å². The third-order valence-corrected chi connectivity index (χ3v) is 1.04. The fraction of sp³-hybridized carbons (Fsp3) is 1.00. The van der Waals surface area contributed by atoms with E-state index in [9.17, 15) is 17.6 Å². The van der Waals surface area contributed by atoms with Crippen molar-refractivity contribution in [1.29, 1.82) is 0 Å². The predicted octanol–water partition coefficient (Wildman–Crippen LogP) is 1.29. The molecule has 0 saturated heterocycles. The van der Waals surface area contributed by atoms with Crippen LogP contribution in [-0.4, -0.2) is 37.3 Å². The van der Waals surface area contributed by atoms with Crippen molar-refractivity contribution < 1.29 is 27.4 Å². The predicted molar refractivity (Wildman–Crippen MR) is 33.5 cm³/mol. The van der Waals surface area contributed by atoms with Gasteiger partial charge in [-0.05, 0) is 0 Å². The number of aliphatic hydroxyl groups is 1. The van der Waals surface area contributed by atoms with Crippen LogP contribution >= 0.6 is 0 Å². The molecule has 0 aromatic carbocycles. The van der Waals surface area contributed by atoms with Crippen LogP contribution in [0.2, 0.25) is 0 Å². The van der Waals surface area contributed by atoms with E-state index < -0.39 is 38.6 Å². The average molecular weight is 190 g/mol. The van der Waals surface area contributed by atoms with Gasteiger partial charge in [0.15, 0.2) is 0 Å². The molecule has 0 saturated carbocycles. The third kappa shape index (κ3) is 5.31. The van der Waals surface area contributed by atoms with Crippen LogP contribution in [0.5, 0.6) is 0 Å². The molecule has 1 unspecified atom stereocenters. The highest BCUT2D eigenvalue weighted by atomic mass is 19.3. The van der Waals surface area contributed by atoms with Crippen LogP contribution in [0.15, 0.2) is 0 Å².